The molecule has 0 spiro atoms. The Bertz CT molecular complexity index is 1000. The maximum atomic E-state index is 13.4. The summed E-state index contributed by atoms with van der Waals surface area (Å²) >= 11 is 0. The zero-order valence-electron chi connectivity index (χ0n) is 19.3. The number of fused-ring (bicyclic) bond motifs is 1. The molecule has 1 aliphatic rings. The van der Waals surface area contributed by atoms with Gasteiger partial charge in [-0.15, -0.1) is 0 Å². The highest BCUT2D eigenvalue weighted by Crippen LogP contribution is 2.29. The van der Waals surface area contributed by atoms with Crippen molar-refractivity contribution in [1.29, 1.82) is 0 Å². The van der Waals surface area contributed by atoms with Gasteiger partial charge in [-0.05, 0) is 55.2 Å². The second-order valence-electron chi connectivity index (χ2n) is 8.29. The SMILES string of the molecule is CCCCCCN(CC(=O)N1CCc2ccccc2C1C)S(=O)(=O)c1ccc(OC)cc1. The molecule has 0 fully saturated rings. The number of amides is 1. The van der Waals surface area contributed by atoms with Crippen LogP contribution in [0.25, 0.3) is 0 Å². The van der Waals surface area contributed by atoms with Gasteiger partial charge in [0.1, 0.15) is 5.75 Å². The van der Waals surface area contributed by atoms with Crippen molar-refractivity contribution in [3.8, 4) is 5.75 Å². The van der Waals surface area contributed by atoms with Crippen LogP contribution in [-0.2, 0) is 21.2 Å². The molecule has 7 heteroatoms. The van der Waals surface area contributed by atoms with Crippen LogP contribution in [0.4, 0.5) is 0 Å². The van der Waals surface area contributed by atoms with E-state index in [4.69, 9.17) is 4.74 Å². The van der Waals surface area contributed by atoms with E-state index in [-0.39, 0.29) is 23.4 Å². The molecule has 174 valence electrons. The Morgan fingerprint density at radius 2 is 1.81 bits per heavy atom. The van der Waals surface area contributed by atoms with Gasteiger partial charge in [0.05, 0.1) is 24.6 Å². The molecule has 0 bridgehead atoms. The standard InChI is InChI=1S/C25H34N2O4S/c1-4-5-6-9-17-26(32(29,30)23-14-12-22(31-3)13-15-23)19-25(28)27-18-16-21-10-7-8-11-24(21)20(27)2/h7-8,10-15,20H,4-6,9,16-19H2,1-3H3. The summed E-state index contributed by atoms with van der Waals surface area (Å²) in [6.07, 6.45) is 4.56. The summed E-state index contributed by atoms with van der Waals surface area (Å²) < 4.78 is 33.3. The fourth-order valence-electron chi connectivity index (χ4n) is 4.25. The highest BCUT2D eigenvalue weighted by atomic mass is 32.2. The summed E-state index contributed by atoms with van der Waals surface area (Å²) in [5, 5.41) is 0. The van der Waals surface area contributed by atoms with Crippen molar-refractivity contribution in [3.63, 3.8) is 0 Å². The molecule has 1 heterocycles. The Balaban J connectivity index is 1.79. The second kappa shape index (κ2) is 11.0. The molecule has 0 saturated carbocycles. The Morgan fingerprint density at radius 1 is 1.09 bits per heavy atom. The minimum absolute atomic E-state index is 0.0712. The lowest BCUT2D eigenvalue weighted by Gasteiger charge is -2.36. The number of rotatable bonds is 10. The van der Waals surface area contributed by atoms with Gasteiger partial charge in [0.25, 0.3) is 0 Å². The number of nitrogens with zero attached hydrogens (tertiary/aromatic N) is 2. The number of carbonyl (C=O) groups excluding carboxylic acids is 1. The molecule has 3 rings (SSSR count). The number of sulfonamides is 1. The lowest BCUT2D eigenvalue weighted by molar-refractivity contribution is -0.134. The summed E-state index contributed by atoms with van der Waals surface area (Å²) in [4.78, 5) is 15.3. The van der Waals surface area contributed by atoms with E-state index < -0.39 is 10.0 Å². The van der Waals surface area contributed by atoms with E-state index in [1.54, 1.807) is 19.2 Å². The third-order valence-corrected chi connectivity index (χ3v) is 8.04. The summed E-state index contributed by atoms with van der Waals surface area (Å²) in [5.74, 6) is 0.440. The quantitative estimate of drug-likeness (QED) is 0.495. The van der Waals surface area contributed by atoms with Crippen molar-refractivity contribution in [2.75, 3.05) is 26.7 Å². The number of unbranched alkanes of at least 4 members (excludes halogenated alkanes) is 3. The first-order chi connectivity index (χ1) is 15.4. The van der Waals surface area contributed by atoms with Gasteiger partial charge in [0.2, 0.25) is 15.9 Å². The minimum atomic E-state index is -3.79. The predicted molar refractivity (Wildman–Crippen MR) is 126 cm³/mol. The van der Waals surface area contributed by atoms with E-state index >= 15 is 0 Å². The third-order valence-electron chi connectivity index (χ3n) is 6.18. The lowest BCUT2D eigenvalue weighted by atomic mass is 9.93. The van der Waals surface area contributed by atoms with Gasteiger partial charge < -0.3 is 9.64 Å². The van der Waals surface area contributed by atoms with Crippen LogP contribution in [-0.4, -0.2) is 50.3 Å². The fourth-order valence-corrected chi connectivity index (χ4v) is 5.68. The first kappa shape index (κ1) is 24.3. The number of hydrogen-bond acceptors (Lipinski definition) is 4. The van der Waals surface area contributed by atoms with Gasteiger partial charge in [0.15, 0.2) is 0 Å². The van der Waals surface area contributed by atoms with Gasteiger partial charge in [-0.25, -0.2) is 8.42 Å². The maximum absolute atomic E-state index is 13.4. The number of hydrogen-bond donors (Lipinski definition) is 0. The molecule has 2 aromatic carbocycles. The number of benzene rings is 2. The maximum Gasteiger partial charge on any atom is 0.243 e. The van der Waals surface area contributed by atoms with E-state index in [1.807, 2.05) is 24.0 Å². The Morgan fingerprint density at radius 3 is 2.50 bits per heavy atom. The summed E-state index contributed by atoms with van der Waals surface area (Å²) in [5.41, 5.74) is 2.39. The lowest BCUT2D eigenvalue weighted by Crippen LogP contribution is -2.46. The molecule has 0 aliphatic carbocycles. The number of carbonyl (C=O) groups is 1. The Hall–Kier alpha value is -2.38. The molecular formula is C25H34N2O4S. The zero-order chi connectivity index (χ0) is 23.1. The van der Waals surface area contributed by atoms with Crippen LogP contribution in [0.2, 0.25) is 0 Å². The third kappa shape index (κ3) is 5.51. The molecule has 32 heavy (non-hydrogen) atoms. The van der Waals surface area contributed by atoms with Gasteiger partial charge in [-0.1, -0.05) is 50.5 Å². The highest BCUT2D eigenvalue weighted by Gasteiger charge is 2.32. The van der Waals surface area contributed by atoms with Crippen molar-refractivity contribution in [1.82, 2.24) is 9.21 Å². The first-order valence-electron chi connectivity index (χ1n) is 11.4. The summed E-state index contributed by atoms with van der Waals surface area (Å²) in [6, 6.07) is 14.4. The van der Waals surface area contributed by atoms with Gasteiger partial charge in [-0.2, -0.15) is 4.31 Å². The van der Waals surface area contributed by atoms with Gasteiger partial charge in [0, 0.05) is 13.1 Å². The summed E-state index contributed by atoms with van der Waals surface area (Å²) in [7, 11) is -2.25. The Labute approximate surface area is 192 Å². The van der Waals surface area contributed by atoms with Crippen LogP contribution in [0, 0.1) is 0 Å². The molecule has 0 radical (unpaired) electrons. The fraction of sp³-hybridized carbons (Fsp3) is 0.480. The van der Waals surface area contributed by atoms with Crippen molar-refractivity contribution >= 4 is 15.9 Å². The summed E-state index contributed by atoms with van der Waals surface area (Å²) in [6.45, 7) is 4.92. The number of ether oxygens (including phenoxy) is 1. The highest BCUT2D eigenvalue weighted by molar-refractivity contribution is 7.89. The molecule has 0 N–H and O–H groups in total. The number of methoxy groups -OCH3 is 1. The normalized spacial score (nSPS) is 16.1. The minimum Gasteiger partial charge on any atom is -0.497 e. The van der Waals surface area contributed by atoms with E-state index in [2.05, 4.69) is 19.1 Å². The van der Waals surface area contributed by atoms with Crippen molar-refractivity contribution in [3.05, 3.63) is 59.7 Å². The molecular weight excluding hydrogens is 424 g/mol. The monoisotopic (exact) mass is 458 g/mol. The molecule has 6 nitrogen and oxygen atoms in total. The van der Waals surface area contributed by atoms with Crippen LogP contribution in [0.15, 0.2) is 53.4 Å². The average Bonchev–Trinajstić information content (AvgIpc) is 2.81. The smallest absolute Gasteiger partial charge is 0.243 e. The van der Waals surface area contributed by atoms with Crippen LogP contribution in [0.3, 0.4) is 0 Å². The van der Waals surface area contributed by atoms with Crippen LogP contribution < -0.4 is 4.74 Å². The van der Waals surface area contributed by atoms with Crippen molar-refractivity contribution in [2.24, 2.45) is 0 Å². The average molecular weight is 459 g/mol. The van der Waals surface area contributed by atoms with E-state index in [0.717, 1.165) is 37.7 Å². The van der Waals surface area contributed by atoms with E-state index in [0.29, 0.717) is 18.8 Å². The molecule has 1 amide bonds. The largest absolute Gasteiger partial charge is 0.497 e. The molecule has 2 aromatic rings. The van der Waals surface area contributed by atoms with Crippen molar-refractivity contribution < 1.29 is 17.9 Å². The first-order valence-corrected chi connectivity index (χ1v) is 12.8. The molecule has 0 aromatic heterocycles. The Kier molecular flexibility index (Phi) is 8.32. The van der Waals surface area contributed by atoms with Crippen molar-refractivity contribution in [2.45, 2.75) is 56.9 Å². The second-order valence-corrected chi connectivity index (χ2v) is 10.2. The van der Waals surface area contributed by atoms with Gasteiger partial charge >= 0.3 is 0 Å². The molecule has 0 saturated heterocycles. The zero-order valence-corrected chi connectivity index (χ0v) is 20.1. The van der Waals surface area contributed by atoms with E-state index in [1.165, 1.54) is 22.0 Å². The molecule has 1 unspecified atom stereocenters. The van der Waals surface area contributed by atoms with Crippen LogP contribution in [0.1, 0.15) is 56.7 Å². The molecule has 1 aliphatic heterocycles. The molecule has 1 atom stereocenters. The van der Waals surface area contributed by atoms with Gasteiger partial charge in [-0.3, -0.25) is 4.79 Å². The topological polar surface area (TPSA) is 66.9 Å². The van der Waals surface area contributed by atoms with E-state index in [9.17, 15) is 13.2 Å². The van der Waals surface area contributed by atoms with Crippen LogP contribution >= 0.6 is 0 Å². The predicted octanol–water partition coefficient (Wildman–Crippen LogP) is 4.41. The van der Waals surface area contributed by atoms with Crippen LogP contribution in [0.5, 0.6) is 5.75 Å².